The van der Waals surface area contributed by atoms with Crippen molar-refractivity contribution in [3.8, 4) is 0 Å². The molecule has 0 fully saturated rings. The fraction of sp³-hybridized carbons (Fsp3) is 0.188. The third kappa shape index (κ3) is 3.09. The number of hydrogen-bond acceptors (Lipinski definition) is 3. The van der Waals surface area contributed by atoms with E-state index in [0.29, 0.717) is 17.9 Å². The summed E-state index contributed by atoms with van der Waals surface area (Å²) in [7, 11) is 1.86. The molecule has 0 spiro atoms. The quantitative estimate of drug-likeness (QED) is 0.838. The lowest BCUT2D eigenvalue weighted by molar-refractivity contribution is 0.0697. The SMILES string of the molecule is Cc1cccc(CN(C)c2cc(N)ccc2C(=O)O)c1. The van der Waals surface area contributed by atoms with E-state index in [1.165, 1.54) is 5.56 Å². The monoisotopic (exact) mass is 270 g/mol. The number of benzene rings is 2. The topological polar surface area (TPSA) is 66.6 Å². The van der Waals surface area contributed by atoms with Gasteiger partial charge in [0.05, 0.1) is 11.3 Å². The first kappa shape index (κ1) is 13.9. The standard InChI is InChI=1S/C16H18N2O2/c1-11-4-3-5-12(8-11)10-18(2)15-9-13(17)6-7-14(15)16(19)20/h3-9H,10,17H2,1-2H3,(H,19,20). The number of anilines is 2. The van der Waals surface area contributed by atoms with Gasteiger partial charge < -0.3 is 15.7 Å². The fourth-order valence-corrected chi connectivity index (χ4v) is 2.21. The largest absolute Gasteiger partial charge is 0.478 e. The van der Waals surface area contributed by atoms with Crippen molar-refractivity contribution in [2.45, 2.75) is 13.5 Å². The normalized spacial score (nSPS) is 10.3. The predicted octanol–water partition coefficient (Wildman–Crippen LogP) is 2.91. The molecule has 0 aliphatic rings. The van der Waals surface area contributed by atoms with Gasteiger partial charge in [-0.2, -0.15) is 0 Å². The van der Waals surface area contributed by atoms with Crippen molar-refractivity contribution in [3.05, 3.63) is 59.2 Å². The zero-order valence-electron chi connectivity index (χ0n) is 11.6. The molecule has 3 N–H and O–H groups in total. The average molecular weight is 270 g/mol. The molecule has 0 unspecified atom stereocenters. The lowest BCUT2D eigenvalue weighted by atomic mass is 10.1. The molecule has 2 aromatic rings. The highest BCUT2D eigenvalue weighted by molar-refractivity contribution is 5.95. The molecule has 0 bridgehead atoms. The van der Waals surface area contributed by atoms with Crippen LogP contribution in [0, 0.1) is 6.92 Å². The second-order valence-corrected chi connectivity index (χ2v) is 4.93. The number of hydrogen-bond donors (Lipinski definition) is 2. The van der Waals surface area contributed by atoms with E-state index in [4.69, 9.17) is 5.73 Å². The maximum atomic E-state index is 11.3. The molecule has 2 aromatic carbocycles. The molecule has 0 aliphatic carbocycles. The molecule has 4 heteroatoms. The summed E-state index contributed by atoms with van der Waals surface area (Å²) in [5.41, 5.74) is 9.52. The first-order valence-corrected chi connectivity index (χ1v) is 6.37. The average Bonchev–Trinajstić information content (AvgIpc) is 2.38. The summed E-state index contributed by atoms with van der Waals surface area (Å²) in [6, 6.07) is 13.0. The summed E-state index contributed by atoms with van der Waals surface area (Å²) >= 11 is 0. The third-order valence-corrected chi connectivity index (χ3v) is 3.17. The van der Waals surface area contributed by atoms with Crippen LogP contribution >= 0.6 is 0 Å². The molecule has 104 valence electrons. The minimum Gasteiger partial charge on any atom is -0.478 e. The molecule has 0 aliphatic heterocycles. The summed E-state index contributed by atoms with van der Waals surface area (Å²) in [5.74, 6) is -0.948. The maximum Gasteiger partial charge on any atom is 0.337 e. The molecular weight excluding hydrogens is 252 g/mol. The van der Waals surface area contributed by atoms with Gasteiger partial charge in [-0.15, -0.1) is 0 Å². The van der Waals surface area contributed by atoms with E-state index in [1.54, 1.807) is 18.2 Å². The van der Waals surface area contributed by atoms with Crippen LogP contribution < -0.4 is 10.6 Å². The van der Waals surface area contributed by atoms with Crippen LogP contribution in [-0.4, -0.2) is 18.1 Å². The fourth-order valence-electron chi connectivity index (χ4n) is 2.21. The minimum atomic E-state index is -0.948. The molecule has 0 amide bonds. The van der Waals surface area contributed by atoms with Crippen LogP contribution in [0.3, 0.4) is 0 Å². The number of rotatable bonds is 4. The van der Waals surface area contributed by atoms with Crippen molar-refractivity contribution in [1.29, 1.82) is 0 Å². The van der Waals surface area contributed by atoms with E-state index in [2.05, 4.69) is 6.07 Å². The Balaban J connectivity index is 2.31. The Hall–Kier alpha value is -2.49. The van der Waals surface area contributed by atoms with Gasteiger partial charge in [0.1, 0.15) is 0 Å². The van der Waals surface area contributed by atoms with Gasteiger partial charge >= 0.3 is 5.97 Å². The lowest BCUT2D eigenvalue weighted by Crippen LogP contribution is -2.19. The van der Waals surface area contributed by atoms with E-state index in [9.17, 15) is 9.90 Å². The van der Waals surface area contributed by atoms with Gasteiger partial charge in [0.15, 0.2) is 0 Å². The van der Waals surface area contributed by atoms with Gasteiger partial charge in [-0.3, -0.25) is 0 Å². The summed E-state index contributed by atoms with van der Waals surface area (Å²) in [5, 5.41) is 9.25. The van der Waals surface area contributed by atoms with Crippen molar-refractivity contribution in [2.75, 3.05) is 17.7 Å². The summed E-state index contributed by atoms with van der Waals surface area (Å²) in [6.45, 7) is 2.66. The summed E-state index contributed by atoms with van der Waals surface area (Å²) in [4.78, 5) is 13.2. The highest BCUT2D eigenvalue weighted by atomic mass is 16.4. The predicted molar refractivity (Wildman–Crippen MR) is 81.1 cm³/mol. The van der Waals surface area contributed by atoms with Gasteiger partial charge in [-0.1, -0.05) is 29.8 Å². The van der Waals surface area contributed by atoms with Crippen LogP contribution in [0.15, 0.2) is 42.5 Å². The van der Waals surface area contributed by atoms with E-state index < -0.39 is 5.97 Å². The Kier molecular flexibility index (Phi) is 3.94. The second kappa shape index (κ2) is 5.65. The van der Waals surface area contributed by atoms with Crippen LogP contribution in [0.5, 0.6) is 0 Å². The van der Waals surface area contributed by atoms with Crippen molar-refractivity contribution in [1.82, 2.24) is 0 Å². The van der Waals surface area contributed by atoms with Crippen LogP contribution in [0.25, 0.3) is 0 Å². The Morgan fingerprint density at radius 3 is 2.65 bits per heavy atom. The molecule has 0 aromatic heterocycles. The third-order valence-electron chi connectivity index (χ3n) is 3.17. The zero-order valence-corrected chi connectivity index (χ0v) is 11.6. The van der Waals surface area contributed by atoms with Crippen LogP contribution in [0.4, 0.5) is 11.4 Å². The second-order valence-electron chi connectivity index (χ2n) is 4.93. The number of nitrogen functional groups attached to an aromatic ring is 1. The molecule has 4 nitrogen and oxygen atoms in total. The number of aromatic carboxylic acids is 1. The van der Waals surface area contributed by atoms with Crippen LogP contribution in [0.2, 0.25) is 0 Å². The van der Waals surface area contributed by atoms with E-state index in [-0.39, 0.29) is 5.56 Å². The Morgan fingerprint density at radius 2 is 2.00 bits per heavy atom. The van der Waals surface area contributed by atoms with Crippen LogP contribution in [-0.2, 0) is 6.54 Å². The van der Waals surface area contributed by atoms with E-state index >= 15 is 0 Å². The number of carboxylic acids is 1. The maximum absolute atomic E-state index is 11.3. The van der Waals surface area contributed by atoms with Gasteiger partial charge in [0.2, 0.25) is 0 Å². The zero-order chi connectivity index (χ0) is 14.7. The molecule has 0 saturated heterocycles. The molecule has 2 rings (SSSR count). The van der Waals surface area contributed by atoms with Crippen molar-refractivity contribution < 1.29 is 9.90 Å². The highest BCUT2D eigenvalue weighted by Gasteiger charge is 2.14. The first-order chi connectivity index (χ1) is 9.47. The number of aryl methyl sites for hydroxylation is 1. The first-order valence-electron chi connectivity index (χ1n) is 6.37. The Labute approximate surface area is 118 Å². The number of carboxylic acid groups (broad SMARTS) is 1. The minimum absolute atomic E-state index is 0.259. The summed E-state index contributed by atoms with van der Waals surface area (Å²) in [6.07, 6.45) is 0. The van der Waals surface area contributed by atoms with Crippen molar-refractivity contribution in [2.24, 2.45) is 0 Å². The Morgan fingerprint density at radius 1 is 1.25 bits per heavy atom. The van der Waals surface area contributed by atoms with Gasteiger partial charge in [0, 0.05) is 19.3 Å². The molecule has 0 heterocycles. The lowest BCUT2D eigenvalue weighted by Gasteiger charge is -2.22. The van der Waals surface area contributed by atoms with E-state index in [1.807, 2.05) is 37.1 Å². The molecular formula is C16H18N2O2. The molecule has 0 atom stereocenters. The highest BCUT2D eigenvalue weighted by Crippen LogP contribution is 2.24. The molecule has 0 radical (unpaired) electrons. The number of nitrogens with two attached hydrogens (primary N) is 1. The number of carbonyl (C=O) groups is 1. The van der Waals surface area contributed by atoms with E-state index in [0.717, 1.165) is 5.56 Å². The molecule has 20 heavy (non-hydrogen) atoms. The Bertz CT molecular complexity index is 638. The van der Waals surface area contributed by atoms with Gasteiger partial charge in [0.25, 0.3) is 0 Å². The van der Waals surface area contributed by atoms with Crippen molar-refractivity contribution in [3.63, 3.8) is 0 Å². The van der Waals surface area contributed by atoms with Gasteiger partial charge in [-0.05, 0) is 30.7 Å². The van der Waals surface area contributed by atoms with Gasteiger partial charge in [-0.25, -0.2) is 4.79 Å². The summed E-state index contributed by atoms with van der Waals surface area (Å²) < 4.78 is 0. The van der Waals surface area contributed by atoms with Crippen molar-refractivity contribution >= 4 is 17.3 Å². The van der Waals surface area contributed by atoms with Crippen LogP contribution in [0.1, 0.15) is 21.5 Å². The number of nitrogens with zero attached hydrogens (tertiary/aromatic N) is 1. The molecule has 0 saturated carbocycles. The smallest absolute Gasteiger partial charge is 0.337 e.